The van der Waals surface area contributed by atoms with Crippen LogP contribution in [-0.2, 0) is 6.61 Å². The van der Waals surface area contributed by atoms with E-state index in [0.717, 1.165) is 22.6 Å². The van der Waals surface area contributed by atoms with Gasteiger partial charge in [0.1, 0.15) is 18.2 Å². The standard InChI is InChI=1S/C19H19FN2O/c1-14(2)22-13-21-11-19(22)16-4-3-5-18(10-16)23-12-15-6-8-17(20)9-7-15/h3-11,13-14H,12H2,1-2H3. The van der Waals surface area contributed by atoms with E-state index in [2.05, 4.69) is 23.4 Å². The highest BCUT2D eigenvalue weighted by Crippen LogP contribution is 2.26. The average molecular weight is 310 g/mol. The first-order valence-corrected chi connectivity index (χ1v) is 7.63. The molecule has 1 aromatic heterocycles. The molecule has 0 atom stereocenters. The second-order valence-corrected chi connectivity index (χ2v) is 5.72. The molecule has 0 fully saturated rings. The molecule has 3 aromatic rings. The van der Waals surface area contributed by atoms with Crippen LogP contribution < -0.4 is 4.74 Å². The van der Waals surface area contributed by atoms with Gasteiger partial charge in [0.05, 0.1) is 18.2 Å². The second-order valence-electron chi connectivity index (χ2n) is 5.72. The van der Waals surface area contributed by atoms with Crippen LogP contribution in [0, 0.1) is 5.82 Å². The number of imidazole rings is 1. The zero-order valence-corrected chi connectivity index (χ0v) is 13.2. The van der Waals surface area contributed by atoms with Crippen LogP contribution in [0.1, 0.15) is 25.5 Å². The Kier molecular flexibility index (Phi) is 4.42. The molecule has 0 aliphatic rings. The SMILES string of the molecule is CC(C)n1cncc1-c1cccc(OCc2ccc(F)cc2)c1. The monoisotopic (exact) mass is 310 g/mol. The van der Waals surface area contributed by atoms with Crippen LogP contribution in [-0.4, -0.2) is 9.55 Å². The Bertz CT molecular complexity index is 778. The lowest BCUT2D eigenvalue weighted by Gasteiger charge is -2.13. The largest absolute Gasteiger partial charge is 0.489 e. The number of rotatable bonds is 5. The van der Waals surface area contributed by atoms with Crippen molar-refractivity contribution in [1.82, 2.24) is 9.55 Å². The molecule has 0 aliphatic carbocycles. The van der Waals surface area contributed by atoms with E-state index in [1.54, 1.807) is 12.1 Å². The van der Waals surface area contributed by atoms with Crippen molar-refractivity contribution >= 4 is 0 Å². The van der Waals surface area contributed by atoms with Gasteiger partial charge in [-0.1, -0.05) is 24.3 Å². The highest BCUT2D eigenvalue weighted by molar-refractivity contribution is 5.61. The van der Waals surface area contributed by atoms with Gasteiger partial charge in [0, 0.05) is 11.6 Å². The molecule has 0 bridgehead atoms. The van der Waals surface area contributed by atoms with E-state index < -0.39 is 0 Å². The summed E-state index contributed by atoms with van der Waals surface area (Å²) in [6.45, 7) is 4.66. The van der Waals surface area contributed by atoms with Crippen molar-refractivity contribution < 1.29 is 9.13 Å². The Morgan fingerprint density at radius 1 is 1.13 bits per heavy atom. The Morgan fingerprint density at radius 3 is 2.65 bits per heavy atom. The van der Waals surface area contributed by atoms with Gasteiger partial charge >= 0.3 is 0 Å². The maximum Gasteiger partial charge on any atom is 0.123 e. The van der Waals surface area contributed by atoms with Gasteiger partial charge in [-0.3, -0.25) is 0 Å². The summed E-state index contributed by atoms with van der Waals surface area (Å²) in [5.74, 6) is 0.543. The molecule has 4 heteroatoms. The fourth-order valence-electron chi connectivity index (χ4n) is 2.43. The molecule has 0 saturated heterocycles. The van der Waals surface area contributed by atoms with Crippen molar-refractivity contribution in [2.45, 2.75) is 26.5 Å². The van der Waals surface area contributed by atoms with E-state index in [4.69, 9.17) is 4.74 Å². The maximum absolute atomic E-state index is 12.9. The van der Waals surface area contributed by atoms with E-state index in [9.17, 15) is 4.39 Å². The molecule has 0 radical (unpaired) electrons. The van der Waals surface area contributed by atoms with Crippen LogP contribution in [0.3, 0.4) is 0 Å². The van der Waals surface area contributed by atoms with Crippen LogP contribution >= 0.6 is 0 Å². The number of ether oxygens (including phenoxy) is 1. The number of hydrogen-bond donors (Lipinski definition) is 0. The van der Waals surface area contributed by atoms with E-state index >= 15 is 0 Å². The number of halogens is 1. The maximum atomic E-state index is 12.9. The molecule has 0 spiro atoms. The lowest BCUT2D eigenvalue weighted by molar-refractivity contribution is 0.306. The molecule has 3 nitrogen and oxygen atoms in total. The minimum absolute atomic E-state index is 0.238. The first-order chi connectivity index (χ1) is 11.1. The van der Waals surface area contributed by atoms with E-state index in [1.165, 1.54) is 12.1 Å². The lowest BCUT2D eigenvalue weighted by Crippen LogP contribution is -2.01. The quantitative estimate of drug-likeness (QED) is 0.673. The summed E-state index contributed by atoms with van der Waals surface area (Å²) >= 11 is 0. The third-order valence-electron chi connectivity index (χ3n) is 3.67. The molecule has 118 valence electrons. The first-order valence-electron chi connectivity index (χ1n) is 7.63. The van der Waals surface area contributed by atoms with Crippen molar-refractivity contribution in [3.05, 3.63) is 72.4 Å². The molecule has 23 heavy (non-hydrogen) atoms. The molecule has 0 saturated carbocycles. The molecule has 0 amide bonds. The predicted molar refractivity (Wildman–Crippen MR) is 88.8 cm³/mol. The molecule has 0 unspecified atom stereocenters. The van der Waals surface area contributed by atoms with Gasteiger partial charge in [-0.05, 0) is 43.7 Å². The molecular weight excluding hydrogens is 291 g/mol. The van der Waals surface area contributed by atoms with E-state index in [-0.39, 0.29) is 5.82 Å². The molecule has 2 aromatic carbocycles. The van der Waals surface area contributed by atoms with Crippen molar-refractivity contribution in [2.24, 2.45) is 0 Å². The van der Waals surface area contributed by atoms with E-state index in [1.807, 2.05) is 36.8 Å². The molecule has 0 aliphatic heterocycles. The van der Waals surface area contributed by atoms with Crippen LogP contribution in [0.15, 0.2) is 61.1 Å². The minimum Gasteiger partial charge on any atom is -0.489 e. The number of benzene rings is 2. The lowest BCUT2D eigenvalue weighted by atomic mass is 10.1. The number of nitrogens with zero attached hydrogens (tertiary/aromatic N) is 2. The highest BCUT2D eigenvalue weighted by atomic mass is 19.1. The molecule has 0 N–H and O–H groups in total. The summed E-state index contributed by atoms with van der Waals surface area (Å²) in [4.78, 5) is 4.24. The van der Waals surface area contributed by atoms with Crippen LogP contribution in [0.25, 0.3) is 11.3 Å². The van der Waals surface area contributed by atoms with Gasteiger partial charge in [-0.15, -0.1) is 0 Å². The summed E-state index contributed by atoms with van der Waals surface area (Å²) in [5, 5.41) is 0. The Morgan fingerprint density at radius 2 is 1.91 bits per heavy atom. The van der Waals surface area contributed by atoms with Gasteiger partial charge in [-0.2, -0.15) is 0 Å². The molecular formula is C19H19FN2O. The zero-order valence-electron chi connectivity index (χ0n) is 13.2. The summed E-state index contributed by atoms with van der Waals surface area (Å²) in [5.41, 5.74) is 3.06. The fourth-order valence-corrected chi connectivity index (χ4v) is 2.43. The molecule has 3 rings (SSSR count). The minimum atomic E-state index is -0.238. The summed E-state index contributed by atoms with van der Waals surface area (Å²) < 4.78 is 20.9. The summed E-state index contributed by atoms with van der Waals surface area (Å²) in [7, 11) is 0. The van der Waals surface area contributed by atoms with Crippen molar-refractivity contribution in [2.75, 3.05) is 0 Å². The molecule has 1 heterocycles. The van der Waals surface area contributed by atoms with Crippen LogP contribution in [0.5, 0.6) is 5.75 Å². The Balaban J connectivity index is 1.77. The smallest absolute Gasteiger partial charge is 0.123 e. The van der Waals surface area contributed by atoms with Gasteiger partial charge in [0.2, 0.25) is 0 Å². The summed E-state index contributed by atoms with van der Waals surface area (Å²) in [6.07, 6.45) is 3.70. The average Bonchev–Trinajstić information content (AvgIpc) is 3.05. The fraction of sp³-hybridized carbons (Fsp3) is 0.211. The second kappa shape index (κ2) is 6.65. The Hall–Kier alpha value is -2.62. The number of aromatic nitrogens is 2. The van der Waals surface area contributed by atoms with Crippen molar-refractivity contribution in [1.29, 1.82) is 0 Å². The topological polar surface area (TPSA) is 27.1 Å². The normalized spacial score (nSPS) is 11.0. The first kappa shape index (κ1) is 15.3. The van der Waals surface area contributed by atoms with Gasteiger partial charge < -0.3 is 9.30 Å². The van der Waals surface area contributed by atoms with E-state index in [0.29, 0.717) is 12.6 Å². The van der Waals surface area contributed by atoms with Crippen molar-refractivity contribution in [3.8, 4) is 17.0 Å². The van der Waals surface area contributed by atoms with Crippen molar-refractivity contribution in [3.63, 3.8) is 0 Å². The summed E-state index contributed by atoms with van der Waals surface area (Å²) in [6, 6.07) is 14.6. The highest BCUT2D eigenvalue weighted by Gasteiger charge is 2.08. The van der Waals surface area contributed by atoms with Crippen LogP contribution in [0.4, 0.5) is 4.39 Å². The van der Waals surface area contributed by atoms with Crippen LogP contribution in [0.2, 0.25) is 0 Å². The predicted octanol–water partition coefficient (Wildman–Crippen LogP) is 4.85. The van der Waals surface area contributed by atoms with Gasteiger partial charge in [-0.25, -0.2) is 9.37 Å². The van der Waals surface area contributed by atoms with Gasteiger partial charge in [0.15, 0.2) is 0 Å². The number of hydrogen-bond acceptors (Lipinski definition) is 2. The third-order valence-corrected chi connectivity index (χ3v) is 3.67. The van der Waals surface area contributed by atoms with Gasteiger partial charge in [0.25, 0.3) is 0 Å². The Labute approximate surface area is 135 Å². The zero-order chi connectivity index (χ0) is 16.2. The third kappa shape index (κ3) is 3.59.